The van der Waals surface area contributed by atoms with Gasteiger partial charge in [-0.15, -0.1) is 0 Å². The molecule has 0 bridgehead atoms. The lowest BCUT2D eigenvalue weighted by Gasteiger charge is -2.29. The Morgan fingerprint density at radius 3 is 2.23 bits per heavy atom. The van der Waals surface area contributed by atoms with Gasteiger partial charge in [0.15, 0.2) is 5.82 Å². The summed E-state index contributed by atoms with van der Waals surface area (Å²) >= 11 is 17.5. The molecule has 2 atom stereocenters. The summed E-state index contributed by atoms with van der Waals surface area (Å²) in [5.74, 6) is -4.54. The van der Waals surface area contributed by atoms with E-state index in [1.54, 1.807) is 0 Å². The number of halogens is 10. The van der Waals surface area contributed by atoms with Gasteiger partial charge in [0.25, 0.3) is 17.4 Å². The van der Waals surface area contributed by atoms with Crippen molar-refractivity contribution in [3.8, 4) is 0 Å². The first-order valence-electron chi connectivity index (χ1n) is 10.9. The van der Waals surface area contributed by atoms with E-state index in [9.17, 15) is 45.1 Å². The van der Waals surface area contributed by atoms with Gasteiger partial charge in [-0.3, -0.25) is 19.3 Å². The number of carbonyl (C=O) groups is 3. The zero-order chi connectivity index (χ0) is 29.8. The molecule has 0 saturated carbocycles. The summed E-state index contributed by atoms with van der Waals surface area (Å²) in [5.41, 5.74) is -4.26. The summed E-state index contributed by atoms with van der Waals surface area (Å²) in [7, 11) is 0. The minimum absolute atomic E-state index is 0.00421. The number of likely N-dealkylation sites (tertiary alicyclic amines) is 1. The molecule has 2 aliphatic heterocycles. The van der Waals surface area contributed by atoms with Crippen LogP contribution in [-0.4, -0.2) is 53.3 Å². The van der Waals surface area contributed by atoms with E-state index in [-0.39, 0.29) is 26.8 Å². The quantitative estimate of drug-likeness (QED) is 0.256. The fourth-order valence-electron chi connectivity index (χ4n) is 4.10. The second kappa shape index (κ2) is 10.4. The molecule has 1 unspecified atom stereocenters. The standard InChI is InChI=1S/C23H13Cl3F7N3O4/c24-12-3-9(1-2-11(12)19(38)34-15-6-17(37)36(20(15)39)8-22(28,29)30)16-7-21(40-35-16,23(31,32)33)10-4-13(25)18(27)14(26)5-10/h1-5,15H,6-8H2,(H,34,38)/t15-,21?/m1/s1. The van der Waals surface area contributed by atoms with E-state index in [1.807, 2.05) is 0 Å². The average Bonchev–Trinajstić information content (AvgIpc) is 3.40. The van der Waals surface area contributed by atoms with Crippen LogP contribution in [0.3, 0.4) is 0 Å². The largest absolute Gasteiger partial charge is 0.435 e. The first-order valence-corrected chi connectivity index (χ1v) is 12.1. The van der Waals surface area contributed by atoms with Gasteiger partial charge in [0, 0.05) is 17.5 Å². The first-order chi connectivity index (χ1) is 18.4. The van der Waals surface area contributed by atoms with Gasteiger partial charge in [-0.2, -0.15) is 26.3 Å². The summed E-state index contributed by atoms with van der Waals surface area (Å²) in [6.07, 6.45) is -11.5. The second-order valence-electron chi connectivity index (χ2n) is 8.74. The smallest absolute Gasteiger partial charge is 0.374 e. The number of benzene rings is 2. The van der Waals surface area contributed by atoms with Crippen LogP contribution < -0.4 is 5.32 Å². The van der Waals surface area contributed by atoms with Crippen LogP contribution in [0.2, 0.25) is 15.1 Å². The lowest BCUT2D eigenvalue weighted by Crippen LogP contribution is -2.44. The molecule has 7 nitrogen and oxygen atoms in total. The van der Waals surface area contributed by atoms with E-state index in [2.05, 4.69) is 10.5 Å². The van der Waals surface area contributed by atoms with E-state index >= 15 is 0 Å². The van der Waals surface area contributed by atoms with Crippen molar-refractivity contribution in [1.29, 1.82) is 0 Å². The Morgan fingerprint density at radius 1 is 1.05 bits per heavy atom. The van der Waals surface area contributed by atoms with Gasteiger partial charge in [0.1, 0.15) is 12.6 Å². The highest BCUT2D eigenvalue weighted by atomic mass is 35.5. The average molecular weight is 635 g/mol. The zero-order valence-corrected chi connectivity index (χ0v) is 21.7. The number of amides is 3. The highest BCUT2D eigenvalue weighted by molar-refractivity contribution is 6.35. The predicted octanol–water partition coefficient (Wildman–Crippen LogP) is 5.79. The highest BCUT2D eigenvalue weighted by Gasteiger charge is 2.62. The normalized spacial score (nSPS) is 21.5. The van der Waals surface area contributed by atoms with Crippen molar-refractivity contribution in [1.82, 2.24) is 10.2 Å². The molecule has 1 saturated heterocycles. The number of nitrogens with one attached hydrogen (secondary N) is 1. The summed E-state index contributed by atoms with van der Waals surface area (Å²) in [4.78, 5) is 41.5. The van der Waals surface area contributed by atoms with E-state index < -0.39 is 82.5 Å². The molecule has 3 amide bonds. The number of oxime groups is 1. The van der Waals surface area contributed by atoms with Crippen LogP contribution in [0.15, 0.2) is 35.5 Å². The molecular formula is C23H13Cl3F7N3O4. The maximum atomic E-state index is 14.2. The minimum Gasteiger partial charge on any atom is -0.374 e. The number of alkyl halides is 6. The number of rotatable bonds is 5. The Balaban J connectivity index is 1.54. The lowest BCUT2D eigenvalue weighted by atomic mass is 9.86. The Morgan fingerprint density at radius 2 is 1.68 bits per heavy atom. The van der Waals surface area contributed by atoms with E-state index in [1.165, 1.54) is 0 Å². The van der Waals surface area contributed by atoms with Crippen LogP contribution in [-0.2, 0) is 20.0 Å². The molecule has 2 aromatic rings. The Hall–Kier alpha value is -3.10. The molecule has 214 valence electrons. The lowest BCUT2D eigenvalue weighted by molar-refractivity contribution is -0.275. The van der Waals surface area contributed by atoms with Gasteiger partial charge in [-0.05, 0) is 24.3 Å². The van der Waals surface area contributed by atoms with Crippen LogP contribution >= 0.6 is 34.8 Å². The molecule has 2 aromatic carbocycles. The van der Waals surface area contributed by atoms with Gasteiger partial charge >= 0.3 is 12.4 Å². The minimum atomic E-state index is -5.07. The highest BCUT2D eigenvalue weighted by Crippen LogP contribution is 2.50. The first kappa shape index (κ1) is 29.9. The fourth-order valence-corrected chi connectivity index (χ4v) is 4.86. The summed E-state index contributed by atoms with van der Waals surface area (Å²) in [5, 5.41) is 3.97. The van der Waals surface area contributed by atoms with E-state index in [0.717, 1.165) is 18.2 Å². The molecule has 17 heteroatoms. The van der Waals surface area contributed by atoms with E-state index in [4.69, 9.17) is 39.6 Å². The number of hydrogen-bond acceptors (Lipinski definition) is 5. The van der Waals surface area contributed by atoms with Gasteiger partial charge in [-0.25, -0.2) is 4.39 Å². The van der Waals surface area contributed by atoms with Crippen molar-refractivity contribution in [2.45, 2.75) is 36.8 Å². The molecule has 2 aliphatic rings. The SMILES string of the molecule is O=C(N[C@@H]1CC(=O)N(CC(F)(F)F)C1=O)c1ccc(C2=NOC(c3cc(Cl)c(F)c(Cl)c3)(C(F)(F)F)C2)cc1Cl. The van der Waals surface area contributed by atoms with Crippen molar-refractivity contribution >= 4 is 58.2 Å². The van der Waals surface area contributed by atoms with Gasteiger partial charge in [0.2, 0.25) is 5.91 Å². The van der Waals surface area contributed by atoms with Crippen molar-refractivity contribution in [3.63, 3.8) is 0 Å². The third kappa shape index (κ3) is 5.56. The van der Waals surface area contributed by atoms with Gasteiger partial charge in [-0.1, -0.05) is 46.0 Å². The zero-order valence-electron chi connectivity index (χ0n) is 19.4. The molecule has 2 heterocycles. The number of imide groups is 1. The van der Waals surface area contributed by atoms with Gasteiger partial charge < -0.3 is 10.2 Å². The molecular weight excluding hydrogens is 622 g/mol. The Kier molecular flexibility index (Phi) is 7.75. The summed E-state index contributed by atoms with van der Waals surface area (Å²) in [6.45, 7) is -1.81. The maximum Gasteiger partial charge on any atom is 0.435 e. The van der Waals surface area contributed by atoms with Crippen LogP contribution in [0.5, 0.6) is 0 Å². The topological polar surface area (TPSA) is 88.1 Å². The maximum absolute atomic E-state index is 14.2. The monoisotopic (exact) mass is 633 g/mol. The summed E-state index contributed by atoms with van der Waals surface area (Å²) in [6, 6.07) is 3.15. The molecule has 40 heavy (non-hydrogen) atoms. The van der Waals surface area contributed by atoms with Crippen molar-refractivity contribution in [3.05, 3.63) is 67.9 Å². The third-order valence-corrected chi connectivity index (χ3v) is 6.93. The third-order valence-electron chi connectivity index (χ3n) is 6.07. The van der Waals surface area contributed by atoms with Crippen LogP contribution in [0.1, 0.15) is 34.3 Å². The summed E-state index contributed by atoms with van der Waals surface area (Å²) < 4.78 is 94.3. The molecule has 4 rings (SSSR count). The number of hydrogen-bond donors (Lipinski definition) is 1. The molecule has 0 radical (unpaired) electrons. The van der Waals surface area contributed by atoms with Gasteiger partial charge in [0.05, 0.1) is 32.8 Å². The van der Waals surface area contributed by atoms with Crippen molar-refractivity contribution in [2.75, 3.05) is 6.54 Å². The Bertz CT molecular complexity index is 1420. The predicted molar refractivity (Wildman–Crippen MR) is 126 cm³/mol. The van der Waals surface area contributed by atoms with Crippen LogP contribution in [0.25, 0.3) is 0 Å². The molecule has 0 spiro atoms. The van der Waals surface area contributed by atoms with Crippen molar-refractivity contribution < 1.29 is 50.0 Å². The molecule has 1 N–H and O–H groups in total. The number of nitrogens with zero attached hydrogens (tertiary/aromatic N) is 2. The molecule has 1 fully saturated rings. The number of carbonyl (C=O) groups excluding carboxylic acids is 3. The van der Waals surface area contributed by atoms with E-state index in [0.29, 0.717) is 12.1 Å². The van der Waals surface area contributed by atoms with Crippen LogP contribution in [0, 0.1) is 5.82 Å². The van der Waals surface area contributed by atoms with Crippen molar-refractivity contribution in [2.24, 2.45) is 5.16 Å². The molecule has 0 aromatic heterocycles. The second-order valence-corrected chi connectivity index (χ2v) is 9.96. The Labute approximate surface area is 234 Å². The van der Waals surface area contributed by atoms with Crippen LogP contribution in [0.4, 0.5) is 30.7 Å². The fraction of sp³-hybridized carbons (Fsp3) is 0.304. The molecule has 0 aliphatic carbocycles.